The van der Waals surface area contributed by atoms with Crippen molar-refractivity contribution in [2.75, 3.05) is 12.4 Å². The van der Waals surface area contributed by atoms with E-state index in [4.69, 9.17) is 4.74 Å². The van der Waals surface area contributed by atoms with E-state index in [1.807, 2.05) is 24.4 Å². The van der Waals surface area contributed by atoms with Gasteiger partial charge < -0.3 is 10.1 Å². The quantitative estimate of drug-likeness (QED) is 0.893. The molecule has 0 saturated carbocycles. The lowest BCUT2D eigenvalue weighted by molar-refractivity contribution is 0.414. The lowest BCUT2D eigenvalue weighted by atomic mass is 10.1. The standard InChI is InChI=1S/C15H18N2O/c1-11-8-9-16-15(12(11)2)17-10-13-4-6-14(18-3)7-5-13/h4-9H,10H2,1-3H3,(H,16,17). The molecule has 2 aromatic rings. The lowest BCUT2D eigenvalue weighted by Gasteiger charge is -2.10. The molecule has 0 aliphatic heterocycles. The first-order chi connectivity index (χ1) is 8.70. The molecule has 1 heterocycles. The summed E-state index contributed by atoms with van der Waals surface area (Å²) in [5, 5.41) is 3.36. The van der Waals surface area contributed by atoms with Gasteiger partial charge in [-0.3, -0.25) is 0 Å². The van der Waals surface area contributed by atoms with Crippen molar-refractivity contribution in [3.63, 3.8) is 0 Å². The van der Waals surface area contributed by atoms with Crippen LogP contribution in [0.2, 0.25) is 0 Å². The van der Waals surface area contributed by atoms with Gasteiger partial charge in [-0.2, -0.15) is 0 Å². The minimum Gasteiger partial charge on any atom is -0.497 e. The minimum absolute atomic E-state index is 0.765. The van der Waals surface area contributed by atoms with Crippen LogP contribution in [-0.4, -0.2) is 12.1 Å². The number of anilines is 1. The first-order valence-electron chi connectivity index (χ1n) is 5.99. The van der Waals surface area contributed by atoms with Crippen LogP contribution in [0.5, 0.6) is 5.75 Å². The Morgan fingerprint density at radius 2 is 1.83 bits per heavy atom. The molecule has 0 bridgehead atoms. The Bertz CT molecular complexity index is 521. The number of aryl methyl sites for hydroxylation is 1. The number of methoxy groups -OCH3 is 1. The number of benzene rings is 1. The third-order valence-electron chi connectivity index (χ3n) is 3.09. The fourth-order valence-electron chi connectivity index (χ4n) is 1.74. The van der Waals surface area contributed by atoms with Gasteiger partial charge in [-0.05, 0) is 48.7 Å². The lowest BCUT2D eigenvalue weighted by Crippen LogP contribution is -2.03. The van der Waals surface area contributed by atoms with Crippen molar-refractivity contribution in [1.29, 1.82) is 0 Å². The van der Waals surface area contributed by atoms with Crippen LogP contribution in [0, 0.1) is 13.8 Å². The van der Waals surface area contributed by atoms with Crippen molar-refractivity contribution in [3.05, 3.63) is 53.2 Å². The van der Waals surface area contributed by atoms with Crippen molar-refractivity contribution in [3.8, 4) is 5.75 Å². The summed E-state index contributed by atoms with van der Waals surface area (Å²) in [7, 11) is 1.67. The Kier molecular flexibility index (Phi) is 3.82. The molecule has 0 fully saturated rings. The maximum atomic E-state index is 5.13. The molecule has 0 saturated heterocycles. The summed E-state index contributed by atoms with van der Waals surface area (Å²) in [6.07, 6.45) is 1.83. The molecule has 0 amide bonds. The Balaban J connectivity index is 2.04. The zero-order valence-corrected chi connectivity index (χ0v) is 11.0. The van der Waals surface area contributed by atoms with Gasteiger partial charge in [-0.1, -0.05) is 12.1 Å². The molecule has 0 spiro atoms. The van der Waals surface area contributed by atoms with E-state index in [-0.39, 0.29) is 0 Å². The number of nitrogens with one attached hydrogen (secondary N) is 1. The molecule has 1 aromatic heterocycles. The summed E-state index contributed by atoms with van der Waals surface area (Å²) in [6.45, 7) is 4.94. The van der Waals surface area contributed by atoms with Gasteiger partial charge in [0.05, 0.1) is 7.11 Å². The zero-order valence-electron chi connectivity index (χ0n) is 11.0. The fraction of sp³-hybridized carbons (Fsp3) is 0.267. The molecule has 0 aliphatic carbocycles. The summed E-state index contributed by atoms with van der Waals surface area (Å²) < 4.78 is 5.13. The highest BCUT2D eigenvalue weighted by molar-refractivity contribution is 5.47. The molecule has 1 N–H and O–H groups in total. The molecule has 0 radical (unpaired) electrons. The Morgan fingerprint density at radius 1 is 1.11 bits per heavy atom. The average Bonchev–Trinajstić information content (AvgIpc) is 2.41. The number of rotatable bonds is 4. The van der Waals surface area contributed by atoms with E-state index in [1.54, 1.807) is 7.11 Å². The van der Waals surface area contributed by atoms with E-state index < -0.39 is 0 Å². The first-order valence-corrected chi connectivity index (χ1v) is 5.99. The van der Waals surface area contributed by atoms with Crippen LogP contribution in [0.4, 0.5) is 5.82 Å². The second-order valence-corrected chi connectivity index (χ2v) is 4.30. The molecule has 0 aliphatic rings. The number of hydrogen-bond donors (Lipinski definition) is 1. The molecule has 3 heteroatoms. The SMILES string of the molecule is COc1ccc(CNc2nccc(C)c2C)cc1. The maximum absolute atomic E-state index is 5.13. The fourth-order valence-corrected chi connectivity index (χ4v) is 1.74. The van der Waals surface area contributed by atoms with Crippen LogP contribution < -0.4 is 10.1 Å². The highest BCUT2D eigenvalue weighted by Gasteiger charge is 2.01. The molecule has 0 atom stereocenters. The summed E-state index contributed by atoms with van der Waals surface area (Å²) in [4.78, 5) is 4.35. The zero-order chi connectivity index (χ0) is 13.0. The van der Waals surface area contributed by atoms with Gasteiger partial charge in [0.15, 0.2) is 0 Å². The molecular formula is C15H18N2O. The number of aromatic nitrogens is 1. The van der Waals surface area contributed by atoms with Crippen LogP contribution in [-0.2, 0) is 6.54 Å². The number of pyridine rings is 1. The first kappa shape index (κ1) is 12.4. The monoisotopic (exact) mass is 242 g/mol. The third-order valence-corrected chi connectivity index (χ3v) is 3.09. The number of nitrogens with zero attached hydrogens (tertiary/aromatic N) is 1. The highest BCUT2D eigenvalue weighted by atomic mass is 16.5. The summed E-state index contributed by atoms with van der Waals surface area (Å²) in [5.74, 6) is 1.83. The van der Waals surface area contributed by atoms with Crippen molar-refractivity contribution in [1.82, 2.24) is 4.98 Å². The normalized spacial score (nSPS) is 10.2. The molecule has 0 unspecified atom stereocenters. The third kappa shape index (κ3) is 2.80. The Hall–Kier alpha value is -2.03. The van der Waals surface area contributed by atoms with Crippen molar-refractivity contribution in [2.45, 2.75) is 20.4 Å². The second kappa shape index (κ2) is 5.54. The molecule has 18 heavy (non-hydrogen) atoms. The van der Waals surface area contributed by atoms with Gasteiger partial charge in [-0.25, -0.2) is 4.98 Å². The summed E-state index contributed by atoms with van der Waals surface area (Å²) in [5.41, 5.74) is 3.66. The predicted molar refractivity (Wildman–Crippen MR) is 74.0 cm³/mol. The topological polar surface area (TPSA) is 34.1 Å². The van der Waals surface area contributed by atoms with Gasteiger partial charge >= 0.3 is 0 Å². The van der Waals surface area contributed by atoms with E-state index in [1.165, 1.54) is 16.7 Å². The van der Waals surface area contributed by atoms with Crippen LogP contribution >= 0.6 is 0 Å². The molecule has 1 aromatic carbocycles. The maximum Gasteiger partial charge on any atom is 0.129 e. The van der Waals surface area contributed by atoms with Crippen LogP contribution in [0.1, 0.15) is 16.7 Å². The number of ether oxygens (including phenoxy) is 1. The van der Waals surface area contributed by atoms with Crippen molar-refractivity contribution >= 4 is 5.82 Å². The molecular weight excluding hydrogens is 224 g/mol. The second-order valence-electron chi connectivity index (χ2n) is 4.30. The average molecular weight is 242 g/mol. The molecule has 3 nitrogen and oxygen atoms in total. The molecule has 94 valence electrons. The number of hydrogen-bond acceptors (Lipinski definition) is 3. The van der Waals surface area contributed by atoms with Crippen LogP contribution in [0.25, 0.3) is 0 Å². The van der Waals surface area contributed by atoms with E-state index in [2.05, 4.69) is 36.3 Å². The predicted octanol–water partition coefficient (Wildman–Crippen LogP) is 3.32. The highest BCUT2D eigenvalue weighted by Crippen LogP contribution is 2.16. The molecule has 2 rings (SSSR count). The van der Waals surface area contributed by atoms with E-state index >= 15 is 0 Å². The summed E-state index contributed by atoms with van der Waals surface area (Å²) >= 11 is 0. The van der Waals surface area contributed by atoms with Crippen molar-refractivity contribution < 1.29 is 4.74 Å². The van der Waals surface area contributed by atoms with Crippen LogP contribution in [0.15, 0.2) is 36.5 Å². The Labute approximate surface area is 108 Å². The van der Waals surface area contributed by atoms with Gasteiger partial charge in [0, 0.05) is 12.7 Å². The van der Waals surface area contributed by atoms with E-state index in [0.717, 1.165) is 18.1 Å². The largest absolute Gasteiger partial charge is 0.497 e. The van der Waals surface area contributed by atoms with E-state index in [9.17, 15) is 0 Å². The van der Waals surface area contributed by atoms with Crippen molar-refractivity contribution in [2.24, 2.45) is 0 Å². The Morgan fingerprint density at radius 3 is 2.50 bits per heavy atom. The van der Waals surface area contributed by atoms with E-state index in [0.29, 0.717) is 0 Å². The van der Waals surface area contributed by atoms with Gasteiger partial charge in [0.1, 0.15) is 11.6 Å². The smallest absolute Gasteiger partial charge is 0.129 e. The minimum atomic E-state index is 0.765. The van der Waals surface area contributed by atoms with Crippen LogP contribution in [0.3, 0.4) is 0 Å². The van der Waals surface area contributed by atoms with Gasteiger partial charge in [0.25, 0.3) is 0 Å². The van der Waals surface area contributed by atoms with Gasteiger partial charge in [-0.15, -0.1) is 0 Å². The summed E-state index contributed by atoms with van der Waals surface area (Å²) in [6, 6.07) is 10.1. The van der Waals surface area contributed by atoms with Gasteiger partial charge in [0.2, 0.25) is 0 Å².